The quantitative estimate of drug-likeness (QED) is 0.191. The summed E-state index contributed by atoms with van der Waals surface area (Å²) in [6, 6.07) is 12.1. The third-order valence-corrected chi connectivity index (χ3v) is 5.39. The van der Waals surface area contributed by atoms with Crippen LogP contribution in [0.3, 0.4) is 0 Å². The lowest BCUT2D eigenvalue weighted by atomic mass is 9.94. The topological polar surface area (TPSA) is 111 Å². The lowest BCUT2D eigenvalue weighted by molar-refractivity contribution is 0.456. The molecule has 0 aliphatic rings. The van der Waals surface area contributed by atoms with Crippen molar-refractivity contribution in [1.82, 2.24) is 0 Å². The summed E-state index contributed by atoms with van der Waals surface area (Å²) in [5.41, 5.74) is 13.0. The molecule has 36 heavy (non-hydrogen) atoms. The van der Waals surface area contributed by atoms with Crippen LogP contribution < -0.4 is 20.9 Å². The molecule has 0 fully saturated rings. The normalized spacial score (nSPS) is 10.0. The van der Waals surface area contributed by atoms with Crippen molar-refractivity contribution in [2.24, 2.45) is 0 Å². The van der Waals surface area contributed by atoms with Gasteiger partial charge in [0.2, 0.25) is 0 Å². The molecule has 4 aromatic carbocycles. The molecule has 0 saturated carbocycles. The minimum atomic E-state index is -0.168. The van der Waals surface area contributed by atoms with Crippen molar-refractivity contribution >= 4 is 22.1 Å². The molecule has 0 amide bonds. The fourth-order valence-electron chi connectivity index (χ4n) is 3.61. The van der Waals surface area contributed by atoms with Gasteiger partial charge in [0.15, 0.2) is 11.5 Å². The Morgan fingerprint density at radius 3 is 1.28 bits per heavy atom. The zero-order valence-corrected chi connectivity index (χ0v) is 18.8. The van der Waals surface area contributed by atoms with E-state index >= 15 is 0 Å². The van der Waals surface area contributed by atoms with Crippen molar-refractivity contribution < 1.29 is 19.7 Å². The molecule has 0 radical (unpaired) electrons. The largest absolute Gasteiger partial charge is 0.506 e. The Morgan fingerprint density at radius 2 is 0.972 bits per heavy atom. The monoisotopic (exact) mass is 470 g/mol. The molecule has 0 aliphatic carbocycles. The highest BCUT2D eigenvalue weighted by molar-refractivity contribution is 6.00. The number of fused-ring (bicyclic) bond motifs is 1. The molecule has 6 N–H and O–H groups in total. The van der Waals surface area contributed by atoms with Crippen molar-refractivity contribution in [3.8, 4) is 83.9 Å². The Bertz CT molecular complexity index is 1600. The molecule has 4 aromatic rings. The van der Waals surface area contributed by atoms with E-state index in [2.05, 4.69) is 23.7 Å². The Labute approximate surface area is 208 Å². The molecule has 4 rings (SSSR count). The van der Waals surface area contributed by atoms with Crippen molar-refractivity contribution in [1.29, 1.82) is 0 Å². The van der Waals surface area contributed by atoms with Gasteiger partial charge >= 0.3 is 0 Å². The van der Waals surface area contributed by atoms with Gasteiger partial charge in [0.1, 0.15) is 23.0 Å². The SMILES string of the molecule is C#Cc1cc2c(Oc3ccc(N)c(O)c3)c(C#C)c(C#C)cc2c(Oc2ccc(N)c(O)c2)c1C#C. The molecular formula is C30H18N2O4. The van der Waals surface area contributed by atoms with Gasteiger partial charge in [-0.1, -0.05) is 23.7 Å². The van der Waals surface area contributed by atoms with E-state index in [1.807, 2.05) is 0 Å². The van der Waals surface area contributed by atoms with Crippen molar-refractivity contribution in [2.45, 2.75) is 0 Å². The predicted molar refractivity (Wildman–Crippen MR) is 141 cm³/mol. The number of hydrogen-bond donors (Lipinski definition) is 4. The van der Waals surface area contributed by atoms with E-state index < -0.39 is 0 Å². The number of nitrogen functional groups attached to an aromatic ring is 2. The first-order valence-electron chi connectivity index (χ1n) is 10.4. The molecule has 0 heterocycles. The lowest BCUT2D eigenvalue weighted by Gasteiger charge is -2.18. The second kappa shape index (κ2) is 9.20. The molecule has 172 valence electrons. The number of hydrogen-bond acceptors (Lipinski definition) is 6. The van der Waals surface area contributed by atoms with Crippen LogP contribution in [-0.4, -0.2) is 10.2 Å². The number of aromatic hydroxyl groups is 2. The average Bonchev–Trinajstić information content (AvgIpc) is 2.87. The molecule has 0 aliphatic heterocycles. The van der Waals surface area contributed by atoms with E-state index in [1.165, 1.54) is 24.3 Å². The van der Waals surface area contributed by atoms with Gasteiger partial charge in [0.25, 0.3) is 0 Å². The molecule has 6 heteroatoms. The molecule has 0 aromatic heterocycles. The maximum absolute atomic E-state index is 10.0. The summed E-state index contributed by atoms with van der Waals surface area (Å²) >= 11 is 0. The van der Waals surface area contributed by atoms with Gasteiger partial charge in [-0.15, -0.1) is 25.7 Å². The Balaban J connectivity index is 2.07. The van der Waals surface area contributed by atoms with Crippen LogP contribution in [0.15, 0.2) is 48.5 Å². The minimum Gasteiger partial charge on any atom is -0.506 e. The van der Waals surface area contributed by atoms with Crippen molar-refractivity contribution in [2.75, 3.05) is 11.5 Å². The zero-order valence-electron chi connectivity index (χ0n) is 18.8. The van der Waals surface area contributed by atoms with E-state index in [0.29, 0.717) is 21.9 Å². The number of anilines is 2. The number of rotatable bonds is 4. The first kappa shape index (κ1) is 23.3. The second-order valence-electron chi connectivity index (χ2n) is 7.57. The third-order valence-electron chi connectivity index (χ3n) is 5.39. The highest BCUT2D eigenvalue weighted by Gasteiger charge is 2.22. The summed E-state index contributed by atoms with van der Waals surface area (Å²) < 4.78 is 12.2. The van der Waals surface area contributed by atoms with Gasteiger partial charge in [0.05, 0.1) is 22.5 Å². The number of phenolic OH excluding ortho intramolecular Hbond substituents is 2. The van der Waals surface area contributed by atoms with E-state index in [-0.39, 0.29) is 57.0 Å². The summed E-state index contributed by atoms with van der Waals surface area (Å²) in [7, 11) is 0. The van der Waals surface area contributed by atoms with Gasteiger partial charge in [-0.2, -0.15) is 0 Å². The number of nitrogens with two attached hydrogens (primary N) is 2. The number of benzene rings is 4. The number of phenols is 2. The first-order valence-corrected chi connectivity index (χ1v) is 10.4. The minimum absolute atomic E-state index is 0.168. The lowest BCUT2D eigenvalue weighted by Crippen LogP contribution is -1.99. The Hall–Kier alpha value is -5.82. The van der Waals surface area contributed by atoms with Crippen LogP contribution in [0, 0.1) is 49.4 Å². The molecule has 0 unspecified atom stereocenters. The summed E-state index contributed by atoms with van der Waals surface area (Å²) in [4.78, 5) is 0. The Kier molecular flexibility index (Phi) is 5.97. The maximum atomic E-state index is 10.0. The summed E-state index contributed by atoms with van der Waals surface area (Å²) in [5, 5.41) is 21.0. The number of ether oxygens (including phenoxy) is 2. The molecule has 0 bridgehead atoms. The van der Waals surface area contributed by atoms with Gasteiger partial charge in [-0.25, -0.2) is 0 Å². The van der Waals surface area contributed by atoms with Crippen LogP contribution in [0.2, 0.25) is 0 Å². The highest BCUT2D eigenvalue weighted by Crippen LogP contribution is 2.44. The highest BCUT2D eigenvalue weighted by atomic mass is 16.5. The van der Waals surface area contributed by atoms with Crippen LogP contribution in [-0.2, 0) is 0 Å². The summed E-state index contributed by atoms with van der Waals surface area (Å²) in [6.45, 7) is 0. The van der Waals surface area contributed by atoms with Crippen LogP contribution >= 0.6 is 0 Å². The van der Waals surface area contributed by atoms with Crippen LogP contribution in [0.5, 0.6) is 34.5 Å². The van der Waals surface area contributed by atoms with Crippen LogP contribution in [0.1, 0.15) is 22.3 Å². The van der Waals surface area contributed by atoms with E-state index in [0.717, 1.165) is 0 Å². The summed E-state index contributed by atoms with van der Waals surface area (Å²) in [6.07, 6.45) is 23.2. The molecular weight excluding hydrogens is 452 g/mol. The average molecular weight is 470 g/mol. The molecule has 0 saturated heterocycles. The molecule has 0 atom stereocenters. The summed E-state index contributed by atoms with van der Waals surface area (Å²) in [5.74, 6) is 10.8. The van der Waals surface area contributed by atoms with Crippen molar-refractivity contribution in [3.63, 3.8) is 0 Å². The second-order valence-corrected chi connectivity index (χ2v) is 7.57. The van der Waals surface area contributed by atoms with Crippen molar-refractivity contribution in [3.05, 3.63) is 70.8 Å². The van der Waals surface area contributed by atoms with Gasteiger partial charge in [0, 0.05) is 34.0 Å². The molecule has 0 spiro atoms. The predicted octanol–water partition coefficient (Wildman–Crippen LogP) is 4.93. The Morgan fingerprint density at radius 1 is 0.583 bits per heavy atom. The van der Waals surface area contributed by atoms with Gasteiger partial charge < -0.3 is 31.2 Å². The third kappa shape index (κ3) is 4.00. The van der Waals surface area contributed by atoms with Crippen LogP contribution in [0.25, 0.3) is 10.8 Å². The molecule has 6 nitrogen and oxygen atoms in total. The van der Waals surface area contributed by atoms with Gasteiger partial charge in [-0.3, -0.25) is 0 Å². The van der Waals surface area contributed by atoms with E-state index in [9.17, 15) is 10.2 Å². The maximum Gasteiger partial charge on any atom is 0.152 e. The van der Waals surface area contributed by atoms with E-state index in [4.69, 9.17) is 46.6 Å². The zero-order chi connectivity index (χ0) is 26.0. The standard InChI is InChI=1S/C30H18N2O4/c1-5-17-13-23-24(29(21(17)7-3)35-19-9-11-25(31)27(33)15-19)14-18(6-2)22(8-4)30(23)36-20-10-12-26(32)28(34)16-20/h1-4,9-16,33-34H,31-32H2. The first-order chi connectivity index (χ1) is 17.3. The fraction of sp³-hybridized carbons (Fsp3) is 0. The van der Waals surface area contributed by atoms with E-state index in [1.54, 1.807) is 24.3 Å². The van der Waals surface area contributed by atoms with Crippen LogP contribution in [0.4, 0.5) is 11.4 Å². The number of terminal acetylenes is 4. The smallest absolute Gasteiger partial charge is 0.152 e. The van der Waals surface area contributed by atoms with Gasteiger partial charge in [-0.05, 0) is 36.4 Å². The fourth-order valence-corrected chi connectivity index (χ4v) is 3.61.